The summed E-state index contributed by atoms with van der Waals surface area (Å²) < 4.78 is 47.7. The highest BCUT2D eigenvalue weighted by atomic mass is 79.9. The fraction of sp³-hybridized carbons (Fsp3) is 0.556. The number of rotatable bonds is 6. The summed E-state index contributed by atoms with van der Waals surface area (Å²) in [4.78, 5) is 29.3. The van der Waals surface area contributed by atoms with Gasteiger partial charge in [0.15, 0.2) is 0 Å². The van der Waals surface area contributed by atoms with E-state index in [1.54, 1.807) is 23.8 Å². The molecule has 2 aliphatic rings. The summed E-state index contributed by atoms with van der Waals surface area (Å²) in [5, 5.41) is 6.30. The molecule has 1 atom stereocenters. The third kappa shape index (κ3) is 6.26. The lowest BCUT2D eigenvalue weighted by Gasteiger charge is -2.32. The van der Waals surface area contributed by atoms with Crippen LogP contribution in [0.4, 0.5) is 18.9 Å². The molecular formula is C27H34BrF3N4O3. The first-order valence-corrected chi connectivity index (χ1v) is 13.7. The first-order chi connectivity index (χ1) is 18.0. The molecule has 4 rings (SSSR count). The molecular weight excluding hydrogens is 565 g/mol. The number of hydrogen-bond donors (Lipinski definition) is 2. The molecule has 1 aromatic carbocycles. The highest BCUT2D eigenvalue weighted by Crippen LogP contribution is 2.35. The molecule has 1 aromatic heterocycles. The van der Waals surface area contributed by atoms with Crippen molar-refractivity contribution in [2.45, 2.75) is 63.8 Å². The summed E-state index contributed by atoms with van der Waals surface area (Å²) in [6, 6.07) is 3.26. The number of hydrogen-bond acceptors (Lipinski definition) is 5. The van der Waals surface area contributed by atoms with Gasteiger partial charge in [0.1, 0.15) is 4.47 Å². The third-order valence-corrected chi connectivity index (χ3v) is 8.31. The number of anilines is 1. The Morgan fingerprint density at radius 3 is 2.45 bits per heavy atom. The van der Waals surface area contributed by atoms with Gasteiger partial charge in [0.2, 0.25) is 0 Å². The van der Waals surface area contributed by atoms with E-state index in [1.807, 2.05) is 0 Å². The van der Waals surface area contributed by atoms with Crippen LogP contribution in [0, 0.1) is 6.92 Å². The summed E-state index contributed by atoms with van der Waals surface area (Å²) >= 11 is 3.47. The summed E-state index contributed by atoms with van der Waals surface area (Å²) in [7, 11) is 2.05. The number of aromatic nitrogens is 1. The molecule has 7 nitrogen and oxygen atoms in total. The molecule has 2 aliphatic heterocycles. The Morgan fingerprint density at radius 1 is 1.16 bits per heavy atom. The van der Waals surface area contributed by atoms with Crippen molar-refractivity contribution in [1.29, 1.82) is 0 Å². The lowest BCUT2D eigenvalue weighted by molar-refractivity contribution is -0.138. The highest BCUT2D eigenvalue weighted by Gasteiger charge is 2.34. The second-order valence-electron chi connectivity index (χ2n) is 10.2. The molecule has 208 valence electrons. The van der Waals surface area contributed by atoms with Gasteiger partial charge in [-0.25, -0.2) is 0 Å². The monoisotopic (exact) mass is 598 g/mol. The number of ether oxygens (including phenoxy) is 1. The van der Waals surface area contributed by atoms with Gasteiger partial charge in [0.25, 0.3) is 11.5 Å². The Labute approximate surface area is 228 Å². The van der Waals surface area contributed by atoms with Gasteiger partial charge >= 0.3 is 6.18 Å². The lowest BCUT2D eigenvalue weighted by Crippen LogP contribution is -2.39. The van der Waals surface area contributed by atoms with Gasteiger partial charge in [-0.05, 0) is 92.8 Å². The van der Waals surface area contributed by atoms with Crippen LogP contribution in [0.1, 0.15) is 71.7 Å². The van der Waals surface area contributed by atoms with E-state index in [2.05, 4.69) is 38.5 Å². The molecule has 0 bridgehead atoms. The van der Waals surface area contributed by atoms with Crippen LogP contribution in [0.25, 0.3) is 0 Å². The van der Waals surface area contributed by atoms with Crippen molar-refractivity contribution in [1.82, 2.24) is 14.8 Å². The predicted molar refractivity (Wildman–Crippen MR) is 144 cm³/mol. The van der Waals surface area contributed by atoms with E-state index >= 15 is 0 Å². The van der Waals surface area contributed by atoms with Gasteiger partial charge in [0, 0.05) is 31.5 Å². The molecule has 0 spiro atoms. The second-order valence-corrected chi connectivity index (χ2v) is 11.0. The number of nitrogens with one attached hydrogen (secondary N) is 2. The van der Waals surface area contributed by atoms with Crippen LogP contribution in [-0.2, 0) is 10.9 Å². The van der Waals surface area contributed by atoms with E-state index in [4.69, 9.17) is 4.74 Å². The number of pyridine rings is 1. The molecule has 0 aliphatic carbocycles. The molecule has 11 heteroatoms. The van der Waals surface area contributed by atoms with Gasteiger partial charge in [-0.2, -0.15) is 13.2 Å². The molecule has 0 unspecified atom stereocenters. The van der Waals surface area contributed by atoms with Gasteiger partial charge in [-0.3, -0.25) is 9.59 Å². The fourth-order valence-electron chi connectivity index (χ4n) is 5.29. The van der Waals surface area contributed by atoms with Gasteiger partial charge in [-0.15, -0.1) is 0 Å². The summed E-state index contributed by atoms with van der Waals surface area (Å²) in [6.45, 7) is 5.91. The zero-order chi connectivity index (χ0) is 27.6. The standard InChI is InChI=1S/C27H34BrF3N4O3/c1-16-20(5-4-6-22(16)27(29,30)31)17(2)32-25(36)21-15-35(19-9-13-38-14-10-19)26(37)23(28)24(21)33-18-7-11-34(3)12-8-18/h4-6,15,17-19,33H,7-14H2,1-3H3,(H,32,36)/t17-/m1/s1. The van der Waals surface area contributed by atoms with Gasteiger partial charge in [0.05, 0.1) is 22.9 Å². The van der Waals surface area contributed by atoms with E-state index in [-0.39, 0.29) is 33.2 Å². The number of nitrogens with zero attached hydrogens (tertiary/aromatic N) is 2. The minimum atomic E-state index is -4.49. The number of carbonyl (C=O) groups is 1. The predicted octanol–water partition coefficient (Wildman–Crippen LogP) is 5.29. The zero-order valence-electron chi connectivity index (χ0n) is 21.8. The van der Waals surface area contributed by atoms with E-state index in [1.165, 1.54) is 13.0 Å². The summed E-state index contributed by atoms with van der Waals surface area (Å²) in [5.74, 6) is -0.466. The van der Waals surface area contributed by atoms with Crippen molar-refractivity contribution in [3.63, 3.8) is 0 Å². The van der Waals surface area contributed by atoms with Crippen molar-refractivity contribution >= 4 is 27.5 Å². The first kappa shape index (κ1) is 28.6. The number of benzene rings is 1. The average molecular weight is 599 g/mol. The smallest absolute Gasteiger partial charge is 0.381 e. The van der Waals surface area contributed by atoms with Gasteiger partial charge in [-0.1, -0.05) is 12.1 Å². The molecule has 0 saturated carbocycles. The molecule has 2 saturated heterocycles. The Morgan fingerprint density at radius 2 is 1.82 bits per heavy atom. The highest BCUT2D eigenvalue weighted by molar-refractivity contribution is 9.10. The molecule has 2 N–H and O–H groups in total. The SMILES string of the molecule is Cc1c([C@@H](C)NC(=O)c2cn(C3CCOCC3)c(=O)c(Br)c2NC2CCN(C)CC2)cccc1C(F)(F)F. The maximum Gasteiger partial charge on any atom is 0.416 e. The quantitative estimate of drug-likeness (QED) is 0.473. The van der Waals surface area contributed by atoms with Crippen LogP contribution < -0.4 is 16.2 Å². The number of halogens is 4. The molecule has 0 radical (unpaired) electrons. The largest absolute Gasteiger partial charge is 0.416 e. The van der Waals surface area contributed by atoms with Crippen molar-refractivity contribution in [2.75, 3.05) is 38.7 Å². The lowest BCUT2D eigenvalue weighted by atomic mass is 9.97. The van der Waals surface area contributed by atoms with Gasteiger partial charge < -0.3 is 24.8 Å². The number of amides is 1. The minimum Gasteiger partial charge on any atom is -0.381 e. The van der Waals surface area contributed by atoms with Crippen LogP contribution in [0.3, 0.4) is 0 Å². The van der Waals surface area contributed by atoms with Crippen molar-refractivity contribution in [2.24, 2.45) is 0 Å². The Bertz CT molecular complexity index is 1220. The van der Waals surface area contributed by atoms with E-state index in [0.717, 1.165) is 32.0 Å². The molecule has 2 fully saturated rings. The average Bonchev–Trinajstić information content (AvgIpc) is 2.88. The Hall–Kier alpha value is -2.37. The number of likely N-dealkylation sites (tertiary alicyclic amines) is 1. The Kier molecular flexibility index (Phi) is 8.89. The van der Waals surface area contributed by atoms with Crippen LogP contribution in [-0.4, -0.2) is 54.8 Å². The van der Waals surface area contributed by atoms with E-state index in [9.17, 15) is 22.8 Å². The van der Waals surface area contributed by atoms with Crippen molar-refractivity contribution in [3.05, 3.63) is 61.5 Å². The summed E-state index contributed by atoms with van der Waals surface area (Å²) in [5.41, 5.74) is 0.194. The van der Waals surface area contributed by atoms with Crippen LogP contribution in [0.5, 0.6) is 0 Å². The number of alkyl halides is 3. The second kappa shape index (κ2) is 11.8. The summed E-state index contributed by atoms with van der Waals surface area (Å²) in [6.07, 6.45) is 0.101. The maximum absolute atomic E-state index is 13.7. The van der Waals surface area contributed by atoms with E-state index in [0.29, 0.717) is 37.3 Å². The number of carbonyl (C=O) groups excluding carboxylic acids is 1. The molecule has 1 amide bonds. The van der Waals surface area contributed by atoms with Crippen molar-refractivity contribution < 1.29 is 22.7 Å². The number of piperidine rings is 1. The third-order valence-electron chi connectivity index (χ3n) is 7.57. The van der Waals surface area contributed by atoms with Crippen molar-refractivity contribution in [3.8, 4) is 0 Å². The molecule has 3 heterocycles. The maximum atomic E-state index is 13.7. The Balaban J connectivity index is 1.69. The normalized spacial score (nSPS) is 18.8. The first-order valence-electron chi connectivity index (χ1n) is 12.9. The zero-order valence-corrected chi connectivity index (χ0v) is 23.4. The fourth-order valence-corrected chi connectivity index (χ4v) is 5.82. The molecule has 2 aromatic rings. The molecule has 38 heavy (non-hydrogen) atoms. The topological polar surface area (TPSA) is 75.6 Å². The van der Waals surface area contributed by atoms with Crippen LogP contribution >= 0.6 is 15.9 Å². The van der Waals surface area contributed by atoms with E-state index < -0.39 is 23.7 Å². The van der Waals surface area contributed by atoms with Crippen LogP contribution in [0.15, 0.2) is 33.7 Å². The minimum absolute atomic E-state index is 0.0748. The van der Waals surface area contributed by atoms with Crippen LogP contribution in [0.2, 0.25) is 0 Å².